The van der Waals surface area contributed by atoms with E-state index < -0.39 is 5.63 Å². The second-order valence-corrected chi connectivity index (χ2v) is 7.15. The highest BCUT2D eigenvalue weighted by molar-refractivity contribution is 6.05. The third-order valence-corrected chi connectivity index (χ3v) is 5.17. The van der Waals surface area contributed by atoms with Crippen LogP contribution < -0.4 is 15.7 Å². The van der Waals surface area contributed by atoms with Crippen LogP contribution in [-0.4, -0.2) is 13.0 Å². The molecule has 4 aromatic rings. The maximum atomic E-state index is 12.8. The van der Waals surface area contributed by atoms with Gasteiger partial charge in [0.05, 0.1) is 18.4 Å². The summed E-state index contributed by atoms with van der Waals surface area (Å²) < 4.78 is 10.8. The van der Waals surface area contributed by atoms with Crippen LogP contribution in [0.4, 0.5) is 5.69 Å². The van der Waals surface area contributed by atoms with E-state index in [2.05, 4.69) is 5.32 Å². The van der Waals surface area contributed by atoms with Crippen molar-refractivity contribution in [2.24, 2.45) is 0 Å². The molecule has 1 aromatic heterocycles. The molecule has 0 spiro atoms. The van der Waals surface area contributed by atoms with E-state index in [0.717, 1.165) is 16.5 Å². The van der Waals surface area contributed by atoms with Crippen molar-refractivity contribution in [3.63, 3.8) is 0 Å². The van der Waals surface area contributed by atoms with Gasteiger partial charge in [0.25, 0.3) is 5.91 Å². The fourth-order valence-corrected chi connectivity index (χ4v) is 3.31. The molecule has 0 aliphatic carbocycles. The summed E-state index contributed by atoms with van der Waals surface area (Å²) in [6.45, 7) is 3.96. The summed E-state index contributed by atoms with van der Waals surface area (Å²) >= 11 is 0. The minimum atomic E-state index is -0.440. The highest BCUT2D eigenvalue weighted by atomic mass is 16.5. The Labute approximate surface area is 173 Å². The first kappa shape index (κ1) is 19.5. The molecule has 5 heteroatoms. The van der Waals surface area contributed by atoms with Crippen molar-refractivity contribution < 1.29 is 13.9 Å². The predicted octanol–water partition coefficient (Wildman–Crippen LogP) is 5.34. The summed E-state index contributed by atoms with van der Waals surface area (Å²) in [5.41, 5.74) is 4.32. The normalized spacial score (nSPS) is 10.8. The lowest BCUT2D eigenvalue weighted by molar-refractivity contribution is 0.102. The number of benzene rings is 3. The smallest absolute Gasteiger partial charge is 0.344 e. The maximum Gasteiger partial charge on any atom is 0.344 e. The van der Waals surface area contributed by atoms with Crippen molar-refractivity contribution in [1.29, 1.82) is 0 Å². The molecule has 4 rings (SSSR count). The van der Waals surface area contributed by atoms with E-state index in [0.29, 0.717) is 33.7 Å². The van der Waals surface area contributed by atoms with Crippen molar-refractivity contribution in [2.45, 2.75) is 13.8 Å². The topological polar surface area (TPSA) is 68.5 Å². The highest BCUT2D eigenvalue weighted by Gasteiger charge is 2.14. The van der Waals surface area contributed by atoms with Gasteiger partial charge in [-0.05, 0) is 66.9 Å². The number of anilines is 1. The summed E-state index contributed by atoms with van der Waals surface area (Å²) in [6, 6.07) is 19.9. The second-order valence-electron chi connectivity index (χ2n) is 7.15. The van der Waals surface area contributed by atoms with Crippen LogP contribution in [0.15, 0.2) is 75.9 Å². The minimum absolute atomic E-state index is 0.251. The SMILES string of the molecule is COc1ccc(-c2cc3ccccc3oc2=O)cc1NC(=O)c1ccc(C)c(C)c1. The fourth-order valence-electron chi connectivity index (χ4n) is 3.31. The number of methoxy groups -OCH3 is 1. The minimum Gasteiger partial charge on any atom is -0.495 e. The number of carbonyl (C=O) groups is 1. The zero-order chi connectivity index (χ0) is 21.3. The van der Waals surface area contributed by atoms with Gasteiger partial charge in [0.15, 0.2) is 0 Å². The molecule has 0 atom stereocenters. The third-order valence-electron chi connectivity index (χ3n) is 5.17. The molecule has 150 valence electrons. The first-order valence-corrected chi connectivity index (χ1v) is 9.56. The average Bonchev–Trinajstić information content (AvgIpc) is 2.75. The Hall–Kier alpha value is -3.86. The van der Waals surface area contributed by atoms with E-state index in [1.807, 2.05) is 44.2 Å². The van der Waals surface area contributed by atoms with Crippen LogP contribution in [0.1, 0.15) is 21.5 Å². The number of para-hydroxylation sites is 1. The van der Waals surface area contributed by atoms with Crippen molar-refractivity contribution in [3.8, 4) is 16.9 Å². The Morgan fingerprint density at radius 2 is 1.73 bits per heavy atom. The molecule has 0 radical (unpaired) electrons. The number of hydrogen-bond acceptors (Lipinski definition) is 4. The summed E-state index contributed by atoms with van der Waals surface area (Å²) in [5.74, 6) is 0.250. The molecular weight excluding hydrogens is 378 g/mol. The van der Waals surface area contributed by atoms with Crippen LogP contribution in [0.2, 0.25) is 0 Å². The molecule has 0 bridgehead atoms. The van der Waals surface area contributed by atoms with Crippen LogP contribution >= 0.6 is 0 Å². The zero-order valence-corrected chi connectivity index (χ0v) is 17.0. The molecule has 0 saturated heterocycles. The first-order valence-electron chi connectivity index (χ1n) is 9.56. The van der Waals surface area contributed by atoms with Gasteiger partial charge in [-0.3, -0.25) is 4.79 Å². The Bertz CT molecular complexity index is 1320. The molecule has 1 N–H and O–H groups in total. The highest BCUT2D eigenvalue weighted by Crippen LogP contribution is 2.31. The quantitative estimate of drug-likeness (QED) is 0.471. The van der Waals surface area contributed by atoms with E-state index in [4.69, 9.17) is 9.15 Å². The van der Waals surface area contributed by atoms with Gasteiger partial charge in [-0.2, -0.15) is 0 Å². The number of fused-ring (bicyclic) bond motifs is 1. The van der Waals surface area contributed by atoms with Gasteiger partial charge in [0.2, 0.25) is 0 Å². The predicted molar refractivity (Wildman–Crippen MR) is 118 cm³/mol. The molecular formula is C25H21NO4. The Balaban J connectivity index is 1.74. The van der Waals surface area contributed by atoms with E-state index in [1.54, 1.807) is 36.4 Å². The second kappa shape index (κ2) is 7.87. The lowest BCUT2D eigenvalue weighted by Crippen LogP contribution is -2.13. The molecule has 0 aliphatic heterocycles. The number of hydrogen-bond donors (Lipinski definition) is 1. The molecule has 0 fully saturated rings. The maximum absolute atomic E-state index is 12.8. The van der Waals surface area contributed by atoms with Gasteiger partial charge in [0.1, 0.15) is 11.3 Å². The third kappa shape index (κ3) is 3.70. The Kier molecular flexibility index (Phi) is 5.11. The number of aryl methyl sites for hydroxylation is 2. The van der Waals surface area contributed by atoms with Crippen molar-refractivity contribution in [1.82, 2.24) is 0 Å². The molecule has 0 saturated carbocycles. The van der Waals surface area contributed by atoms with E-state index in [-0.39, 0.29) is 5.91 Å². The number of nitrogens with one attached hydrogen (secondary N) is 1. The number of carbonyl (C=O) groups excluding carboxylic acids is 1. The number of rotatable bonds is 4. The molecule has 1 amide bonds. The fraction of sp³-hybridized carbons (Fsp3) is 0.120. The van der Waals surface area contributed by atoms with Gasteiger partial charge in [0, 0.05) is 10.9 Å². The summed E-state index contributed by atoms with van der Waals surface area (Å²) in [6.07, 6.45) is 0. The average molecular weight is 399 g/mol. The van der Waals surface area contributed by atoms with E-state index >= 15 is 0 Å². The summed E-state index contributed by atoms with van der Waals surface area (Å²) in [7, 11) is 1.53. The van der Waals surface area contributed by atoms with Crippen molar-refractivity contribution in [3.05, 3.63) is 93.8 Å². The van der Waals surface area contributed by atoms with Gasteiger partial charge in [-0.15, -0.1) is 0 Å². The Morgan fingerprint density at radius 3 is 2.50 bits per heavy atom. The first-order chi connectivity index (χ1) is 14.5. The van der Waals surface area contributed by atoms with Crippen LogP contribution in [-0.2, 0) is 0 Å². The van der Waals surface area contributed by atoms with Crippen LogP contribution in [0.5, 0.6) is 5.75 Å². The van der Waals surface area contributed by atoms with Gasteiger partial charge < -0.3 is 14.5 Å². The molecule has 0 aliphatic rings. The van der Waals surface area contributed by atoms with Crippen LogP contribution in [0, 0.1) is 13.8 Å². The molecule has 5 nitrogen and oxygen atoms in total. The number of ether oxygens (including phenoxy) is 1. The molecule has 1 heterocycles. The van der Waals surface area contributed by atoms with Crippen molar-refractivity contribution in [2.75, 3.05) is 12.4 Å². The number of amides is 1. The van der Waals surface area contributed by atoms with Crippen LogP contribution in [0.3, 0.4) is 0 Å². The summed E-state index contributed by atoms with van der Waals surface area (Å²) in [5, 5.41) is 3.72. The standard InChI is InChI=1S/C25H21NO4/c1-15-8-9-19(12-16(15)2)24(27)26-21-14-17(10-11-23(21)29-3)20-13-18-6-4-5-7-22(18)30-25(20)28/h4-14H,1-3H3,(H,26,27). The largest absolute Gasteiger partial charge is 0.495 e. The van der Waals surface area contributed by atoms with Crippen molar-refractivity contribution >= 4 is 22.6 Å². The van der Waals surface area contributed by atoms with Gasteiger partial charge >= 0.3 is 5.63 Å². The molecule has 3 aromatic carbocycles. The zero-order valence-electron chi connectivity index (χ0n) is 17.0. The lowest BCUT2D eigenvalue weighted by Gasteiger charge is -2.13. The van der Waals surface area contributed by atoms with Crippen LogP contribution in [0.25, 0.3) is 22.1 Å². The van der Waals surface area contributed by atoms with Gasteiger partial charge in [-0.1, -0.05) is 30.3 Å². The molecule has 30 heavy (non-hydrogen) atoms. The lowest BCUT2D eigenvalue weighted by atomic mass is 10.0. The Morgan fingerprint density at radius 1 is 0.933 bits per heavy atom. The summed E-state index contributed by atoms with van der Waals surface area (Å²) in [4.78, 5) is 25.3. The van der Waals surface area contributed by atoms with Gasteiger partial charge in [-0.25, -0.2) is 4.79 Å². The van der Waals surface area contributed by atoms with E-state index in [1.165, 1.54) is 7.11 Å². The monoisotopic (exact) mass is 399 g/mol. The van der Waals surface area contributed by atoms with E-state index in [9.17, 15) is 9.59 Å². The molecule has 0 unspecified atom stereocenters.